The summed E-state index contributed by atoms with van der Waals surface area (Å²) in [5.41, 5.74) is 4.40. The number of hydrogen-bond donors (Lipinski definition) is 2. The second kappa shape index (κ2) is 5.62. The van der Waals surface area contributed by atoms with E-state index in [0.717, 1.165) is 5.75 Å². The van der Waals surface area contributed by atoms with E-state index in [9.17, 15) is 0 Å². The van der Waals surface area contributed by atoms with E-state index in [2.05, 4.69) is 17.8 Å². The lowest BCUT2D eigenvalue weighted by atomic mass is 9.95. The van der Waals surface area contributed by atoms with Crippen molar-refractivity contribution in [3.8, 4) is 0 Å². The molecule has 0 saturated heterocycles. The van der Waals surface area contributed by atoms with Crippen LogP contribution in [0.2, 0.25) is 0 Å². The van der Waals surface area contributed by atoms with Crippen LogP contribution in [0.15, 0.2) is 11.6 Å². The van der Waals surface area contributed by atoms with Crippen LogP contribution in [-0.4, -0.2) is 18.1 Å². The van der Waals surface area contributed by atoms with Crippen LogP contribution in [-0.2, 0) is 0 Å². The minimum absolute atomic E-state index is 0.403. The van der Waals surface area contributed by atoms with Crippen LogP contribution in [0, 0.1) is 0 Å². The Balaban J connectivity index is 2.45. The molecule has 1 unspecified atom stereocenters. The van der Waals surface area contributed by atoms with E-state index in [-0.39, 0.29) is 0 Å². The Labute approximate surface area is 78.9 Å². The average molecular weight is 186 g/mol. The lowest BCUT2D eigenvalue weighted by molar-refractivity contribution is 0.582. The molecular formula is C9H18N2S. The summed E-state index contributed by atoms with van der Waals surface area (Å²) in [7, 11) is 0. The first kappa shape index (κ1) is 10.1. The quantitative estimate of drug-likeness (QED) is 0.398. The van der Waals surface area contributed by atoms with Gasteiger partial charge in [0.25, 0.3) is 0 Å². The molecule has 0 radical (unpaired) electrons. The van der Waals surface area contributed by atoms with Gasteiger partial charge in [-0.1, -0.05) is 11.6 Å². The second-order valence-electron chi connectivity index (χ2n) is 3.20. The number of nitrogens with one attached hydrogen (secondary N) is 1. The van der Waals surface area contributed by atoms with Crippen molar-refractivity contribution in [1.82, 2.24) is 5.43 Å². The van der Waals surface area contributed by atoms with Crippen molar-refractivity contribution in [3.63, 3.8) is 0 Å². The summed E-state index contributed by atoms with van der Waals surface area (Å²) in [6.07, 6.45) is 9.62. The van der Waals surface area contributed by atoms with Gasteiger partial charge < -0.3 is 0 Å². The third kappa shape index (κ3) is 2.81. The smallest absolute Gasteiger partial charge is 0.0510 e. The Morgan fingerprint density at radius 1 is 1.67 bits per heavy atom. The topological polar surface area (TPSA) is 38.0 Å². The van der Waals surface area contributed by atoms with Gasteiger partial charge in [0, 0.05) is 5.75 Å². The number of thioether (sulfide) groups is 1. The molecule has 0 fully saturated rings. The first-order valence-corrected chi connectivity index (χ1v) is 5.92. The van der Waals surface area contributed by atoms with Crippen molar-refractivity contribution in [1.29, 1.82) is 0 Å². The van der Waals surface area contributed by atoms with Gasteiger partial charge in [-0.05, 0) is 31.9 Å². The lowest BCUT2D eigenvalue weighted by Crippen LogP contribution is -2.38. The second-order valence-corrected chi connectivity index (χ2v) is 4.11. The Morgan fingerprint density at radius 2 is 2.50 bits per heavy atom. The van der Waals surface area contributed by atoms with Crippen molar-refractivity contribution in [3.05, 3.63) is 11.6 Å². The summed E-state index contributed by atoms with van der Waals surface area (Å²) < 4.78 is 0. The highest BCUT2D eigenvalue weighted by molar-refractivity contribution is 7.98. The summed E-state index contributed by atoms with van der Waals surface area (Å²) in [5, 5.41) is 0. The maximum atomic E-state index is 5.49. The number of nitrogens with two attached hydrogens (primary N) is 1. The summed E-state index contributed by atoms with van der Waals surface area (Å²) >= 11 is 1.84. The van der Waals surface area contributed by atoms with Crippen molar-refractivity contribution < 1.29 is 0 Å². The van der Waals surface area contributed by atoms with Crippen molar-refractivity contribution >= 4 is 11.8 Å². The van der Waals surface area contributed by atoms with E-state index in [4.69, 9.17) is 5.84 Å². The fourth-order valence-corrected chi connectivity index (χ4v) is 2.25. The van der Waals surface area contributed by atoms with E-state index in [1.54, 1.807) is 0 Å². The van der Waals surface area contributed by atoms with Crippen molar-refractivity contribution in [2.45, 2.75) is 31.7 Å². The normalized spacial score (nSPS) is 20.3. The van der Waals surface area contributed by atoms with Gasteiger partial charge in [0.1, 0.15) is 0 Å². The van der Waals surface area contributed by atoms with Crippen LogP contribution in [0.3, 0.4) is 0 Å². The Bertz CT molecular complexity index is 157. The molecule has 0 heterocycles. The molecule has 1 rings (SSSR count). The highest BCUT2D eigenvalue weighted by Crippen LogP contribution is 2.21. The highest BCUT2D eigenvalue weighted by atomic mass is 32.2. The van der Waals surface area contributed by atoms with Gasteiger partial charge >= 0.3 is 0 Å². The molecule has 3 heteroatoms. The molecule has 0 aliphatic heterocycles. The van der Waals surface area contributed by atoms with E-state index >= 15 is 0 Å². The van der Waals surface area contributed by atoms with Gasteiger partial charge in [-0.25, -0.2) is 0 Å². The molecule has 1 atom stereocenters. The van der Waals surface area contributed by atoms with Crippen LogP contribution >= 0.6 is 11.8 Å². The van der Waals surface area contributed by atoms with Crippen LogP contribution in [0.1, 0.15) is 25.7 Å². The molecule has 1 aliphatic rings. The molecule has 1 aliphatic carbocycles. The number of hydrazine groups is 1. The fraction of sp³-hybridized carbons (Fsp3) is 0.778. The highest BCUT2D eigenvalue weighted by Gasteiger charge is 2.13. The zero-order chi connectivity index (χ0) is 8.81. The predicted octanol–water partition coefficient (Wildman–Crippen LogP) is 1.68. The van der Waals surface area contributed by atoms with Crippen LogP contribution < -0.4 is 11.3 Å². The number of hydrogen-bond acceptors (Lipinski definition) is 3. The average Bonchev–Trinajstić information content (AvgIpc) is 2.15. The molecule has 0 saturated carbocycles. The van der Waals surface area contributed by atoms with Gasteiger partial charge in [-0.3, -0.25) is 11.3 Å². The maximum absolute atomic E-state index is 5.49. The minimum atomic E-state index is 0.403. The SMILES string of the molecule is CSCC(NN)C1=CCCCC1. The standard InChI is InChI=1S/C9H18N2S/c1-12-7-9(11-10)8-5-3-2-4-6-8/h5,9,11H,2-4,6-7,10H2,1H3. The monoisotopic (exact) mass is 186 g/mol. The van der Waals surface area contributed by atoms with E-state index in [0.29, 0.717) is 6.04 Å². The summed E-state index contributed by atoms with van der Waals surface area (Å²) in [4.78, 5) is 0. The van der Waals surface area contributed by atoms with Gasteiger partial charge in [-0.2, -0.15) is 11.8 Å². The van der Waals surface area contributed by atoms with Crippen LogP contribution in [0.5, 0.6) is 0 Å². The van der Waals surface area contributed by atoms with Gasteiger partial charge in [-0.15, -0.1) is 0 Å². The molecule has 70 valence electrons. The Hall–Kier alpha value is 0.0100. The first-order chi connectivity index (χ1) is 5.88. The summed E-state index contributed by atoms with van der Waals surface area (Å²) in [6, 6.07) is 0.403. The van der Waals surface area contributed by atoms with Gasteiger partial charge in [0.15, 0.2) is 0 Å². The van der Waals surface area contributed by atoms with Crippen LogP contribution in [0.4, 0.5) is 0 Å². The molecule has 2 nitrogen and oxygen atoms in total. The molecular weight excluding hydrogens is 168 g/mol. The first-order valence-electron chi connectivity index (χ1n) is 4.52. The molecule has 0 aromatic carbocycles. The largest absolute Gasteiger partial charge is 0.271 e. The number of allylic oxidation sites excluding steroid dienone is 1. The van der Waals surface area contributed by atoms with Gasteiger partial charge in [0.2, 0.25) is 0 Å². The minimum Gasteiger partial charge on any atom is -0.271 e. The molecule has 0 bridgehead atoms. The van der Waals surface area contributed by atoms with Crippen LogP contribution in [0.25, 0.3) is 0 Å². The van der Waals surface area contributed by atoms with E-state index in [1.807, 2.05) is 11.8 Å². The molecule has 12 heavy (non-hydrogen) atoms. The lowest BCUT2D eigenvalue weighted by Gasteiger charge is -2.21. The zero-order valence-corrected chi connectivity index (χ0v) is 8.49. The van der Waals surface area contributed by atoms with Crippen molar-refractivity contribution in [2.24, 2.45) is 5.84 Å². The molecule has 0 amide bonds. The fourth-order valence-electron chi connectivity index (χ4n) is 1.61. The maximum Gasteiger partial charge on any atom is 0.0510 e. The third-order valence-corrected chi connectivity index (χ3v) is 2.97. The predicted molar refractivity (Wildman–Crippen MR) is 56.0 cm³/mol. The zero-order valence-electron chi connectivity index (χ0n) is 7.68. The number of rotatable bonds is 4. The van der Waals surface area contributed by atoms with E-state index < -0.39 is 0 Å². The van der Waals surface area contributed by atoms with Crippen molar-refractivity contribution in [2.75, 3.05) is 12.0 Å². The summed E-state index contributed by atoms with van der Waals surface area (Å²) in [5.74, 6) is 6.57. The molecule has 0 aromatic heterocycles. The van der Waals surface area contributed by atoms with Gasteiger partial charge in [0.05, 0.1) is 6.04 Å². The molecule has 0 aromatic rings. The molecule has 3 N–H and O–H groups in total. The Kier molecular flexibility index (Phi) is 4.73. The van der Waals surface area contributed by atoms with E-state index in [1.165, 1.54) is 31.3 Å². The Morgan fingerprint density at radius 3 is 3.00 bits per heavy atom. The summed E-state index contributed by atoms with van der Waals surface area (Å²) in [6.45, 7) is 0. The molecule has 0 spiro atoms. The third-order valence-electron chi connectivity index (χ3n) is 2.31.